The Labute approximate surface area is 148 Å². The molecular weight excluding hydrogens is 318 g/mol. The Morgan fingerprint density at radius 2 is 2.20 bits per heavy atom. The quantitative estimate of drug-likeness (QED) is 0.804. The molecular formula is C18H27N5O2. The summed E-state index contributed by atoms with van der Waals surface area (Å²) in [4.78, 5) is 18.9. The third-order valence-corrected chi connectivity index (χ3v) is 4.68. The van der Waals surface area contributed by atoms with Crippen LogP contribution in [0.5, 0.6) is 0 Å². The molecule has 1 amide bonds. The molecule has 0 aromatic carbocycles. The summed E-state index contributed by atoms with van der Waals surface area (Å²) in [5.41, 5.74) is 2.19. The fraction of sp³-hybridized carbons (Fsp3) is 0.667. The minimum absolute atomic E-state index is 0.154. The molecule has 25 heavy (non-hydrogen) atoms. The first-order valence-electron chi connectivity index (χ1n) is 9.18. The lowest BCUT2D eigenvalue weighted by atomic mass is 10.0. The van der Waals surface area contributed by atoms with Gasteiger partial charge in [0.15, 0.2) is 5.82 Å². The van der Waals surface area contributed by atoms with Crippen molar-refractivity contribution in [2.24, 2.45) is 0 Å². The van der Waals surface area contributed by atoms with Crippen LogP contribution in [0.1, 0.15) is 61.8 Å². The molecule has 0 unspecified atom stereocenters. The van der Waals surface area contributed by atoms with Crippen molar-refractivity contribution >= 4 is 5.91 Å². The molecule has 0 aliphatic carbocycles. The van der Waals surface area contributed by atoms with E-state index in [1.54, 1.807) is 0 Å². The first kappa shape index (κ1) is 17.6. The number of carbonyl (C=O) groups excluding carboxylic acids is 1. The van der Waals surface area contributed by atoms with Crippen LogP contribution in [0.4, 0.5) is 0 Å². The van der Waals surface area contributed by atoms with E-state index in [1.807, 2.05) is 11.8 Å². The van der Waals surface area contributed by atoms with Gasteiger partial charge in [-0.25, -0.2) is 0 Å². The fourth-order valence-corrected chi connectivity index (χ4v) is 3.49. The molecule has 0 radical (unpaired) electrons. The molecule has 3 heterocycles. The Balaban J connectivity index is 1.55. The van der Waals surface area contributed by atoms with Gasteiger partial charge in [0.1, 0.15) is 0 Å². The van der Waals surface area contributed by atoms with Crippen molar-refractivity contribution in [3.05, 3.63) is 29.2 Å². The molecule has 1 fully saturated rings. The van der Waals surface area contributed by atoms with E-state index in [-0.39, 0.29) is 11.9 Å². The number of rotatable bonds is 6. The molecule has 2 aromatic rings. The summed E-state index contributed by atoms with van der Waals surface area (Å²) in [7, 11) is 0. The zero-order valence-corrected chi connectivity index (χ0v) is 15.4. The lowest BCUT2D eigenvalue weighted by Crippen LogP contribution is -2.41. The number of hydrogen-bond donors (Lipinski definition) is 0. The third kappa shape index (κ3) is 4.27. The second-order valence-corrected chi connectivity index (χ2v) is 6.86. The van der Waals surface area contributed by atoms with Crippen molar-refractivity contribution in [2.75, 3.05) is 13.1 Å². The van der Waals surface area contributed by atoms with Gasteiger partial charge in [0.25, 0.3) is 0 Å². The minimum Gasteiger partial charge on any atom is -0.341 e. The van der Waals surface area contributed by atoms with Crippen LogP contribution in [0.15, 0.2) is 10.6 Å². The Morgan fingerprint density at radius 3 is 2.92 bits per heavy atom. The molecule has 2 aromatic heterocycles. The normalized spacial score (nSPS) is 17.9. The molecule has 3 rings (SSSR count). The van der Waals surface area contributed by atoms with Gasteiger partial charge in [0, 0.05) is 38.0 Å². The number of nitrogens with zero attached hydrogens (tertiary/aromatic N) is 5. The van der Waals surface area contributed by atoms with E-state index < -0.39 is 0 Å². The maximum absolute atomic E-state index is 12.6. The monoisotopic (exact) mass is 345 g/mol. The van der Waals surface area contributed by atoms with Crippen LogP contribution in [0.2, 0.25) is 0 Å². The Hall–Kier alpha value is -2.18. The predicted octanol–water partition coefficient (Wildman–Crippen LogP) is 2.63. The topological polar surface area (TPSA) is 77.0 Å². The number of carbonyl (C=O) groups is 1. The van der Waals surface area contributed by atoms with E-state index in [2.05, 4.69) is 39.8 Å². The van der Waals surface area contributed by atoms with E-state index in [4.69, 9.17) is 4.52 Å². The summed E-state index contributed by atoms with van der Waals surface area (Å²) in [6.45, 7) is 7.71. The number of likely N-dealkylation sites (tertiary alicyclic amines) is 1. The molecule has 0 N–H and O–H groups in total. The highest BCUT2D eigenvalue weighted by Gasteiger charge is 2.26. The van der Waals surface area contributed by atoms with Crippen molar-refractivity contribution in [3.63, 3.8) is 0 Å². The van der Waals surface area contributed by atoms with Gasteiger partial charge < -0.3 is 9.42 Å². The van der Waals surface area contributed by atoms with Crippen molar-refractivity contribution in [3.8, 4) is 0 Å². The maximum atomic E-state index is 12.6. The highest BCUT2D eigenvalue weighted by Crippen LogP contribution is 2.23. The largest absolute Gasteiger partial charge is 0.341 e. The molecule has 0 saturated carbocycles. The van der Waals surface area contributed by atoms with Crippen LogP contribution >= 0.6 is 0 Å². The van der Waals surface area contributed by atoms with Gasteiger partial charge in [-0.05, 0) is 39.2 Å². The second-order valence-electron chi connectivity index (χ2n) is 6.86. The van der Waals surface area contributed by atoms with E-state index in [9.17, 15) is 4.79 Å². The summed E-state index contributed by atoms with van der Waals surface area (Å²) in [5.74, 6) is 1.44. The number of aromatic nitrogens is 4. The molecule has 1 saturated heterocycles. The molecule has 1 aliphatic heterocycles. The van der Waals surface area contributed by atoms with Crippen LogP contribution < -0.4 is 0 Å². The lowest BCUT2D eigenvalue weighted by Gasteiger charge is -2.33. The zero-order chi connectivity index (χ0) is 17.8. The number of piperidine rings is 1. The van der Waals surface area contributed by atoms with Gasteiger partial charge in [-0.15, -0.1) is 0 Å². The van der Waals surface area contributed by atoms with Crippen LogP contribution in [-0.2, 0) is 17.6 Å². The van der Waals surface area contributed by atoms with Crippen molar-refractivity contribution in [1.82, 2.24) is 24.8 Å². The van der Waals surface area contributed by atoms with Crippen LogP contribution in [0.25, 0.3) is 0 Å². The van der Waals surface area contributed by atoms with E-state index >= 15 is 0 Å². The number of hydrogen-bond acceptors (Lipinski definition) is 5. The zero-order valence-electron chi connectivity index (χ0n) is 15.4. The molecule has 1 atom stereocenters. The molecule has 1 aliphatic rings. The molecule has 136 valence electrons. The molecule has 7 heteroatoms. The summed E-state index contributed by atoms with van der Waals surface area (Å²) >= 11 is 0. The average molecular weight is 345 g/mol. The summed E-state index contributed by atoms with van der Waals surface area (Å²) in [6, 6.07) is 2.36. The number of amides is 1. The predicted molar refractivity (Wildman–Crippen MR) is 93.2 cm³/mol. The van der Waals surface area contributed by atoms with Crippen LogP contribution in [0.3, 0.4) is 0 Å². The highest BCUT2D eigenvalue weighted by atomic mass is 16.5. The third-order valence-electron chi connectivity index (χ3n) is 4.68. The Bertz CT molecular complexity index is 721. The van der Waals surface area contributed by atoms with Crippen molar-refractivity contribution in [2.45, 2.75) is 65.3 Å². The van der Waals surface area contributed by atoms with E-state index in [1.165, 1.54) is 0 Å². The van der Waals surface area contributed by atoms with Gasteiger partial charge in [-0.1, -0.05) is 12.1 Å². The average Bonchev–Trinajstić information content (AvgIpc) is 3.19. The summed E-state index contributed by atoms with van der Waals surface area (Å²) in [6.07, 6.45) is 4.80. The standard InChI is InChI=1S/C18H27N5O2/c1-4-6-16-19-17(25-21-16)8-9-18(24)22-10-5-7-15(12-22)23-14(3)11-13(2)20-23/h11,15H,4-10,12H2,1-3H3/t15-/m1/s1. The molecule has 0 bridgehead atoms. The summed E-state index contributed by atoms with van der Waals surface area (Å²) in [5, 5.41) is 8.52. The smallest absolute Gasteiger partial charge is 0.227 e. The van der Waals surface area contributed by atoms with Gasteiger partial charge in [0.05, 0.1) is 11.7 Å². The van der Waals surface area contributed by atoms with Crippen LogP contribution in [-0.4, -0.2) is 43.8 Å². The second kappa shape index (κ2) is 7.80. The maximum Gasteiger partial charge on any atom is 0.227 e. The van der Waals surface area contributed by atoms with Crippen molar-refractivity contribution < 1.29 is 9.32 Å². The first-order valence-corrected chi connectivity index (χ1v) is 9.18. The highest BCUT2D eigenvalue weighted by molar-refractivity contribution is 5.76. The first-order chi connectivity index (χ1) is 12.1. The lowest BCUT2D eigenvalue weighted by molar-refractivity contribution is -0.133. The van der Waals surface area contributed by atoms with Gasteiger partial charge in [-0.3, -0.25) is 9.48 Å². The molecule has 0 spiro atoms. The van der Waals surface area contributed by atoms with Crippen LogP contribution in [0, 0.1) is 13.8 Å². The SMILES string of the molecule is CCCc1noc(CCC(=O)N2CCC[C@@H](n3nc(C)cc3C)C2)n1. The van der Waals surface area contributed by atoms with Gasteiger partial charge in [0.2, 0.25) is 11.8 Å². The Kier molecular flexibility index (Phi) is 5.50. The van der Waals surface area contributed by atoms with E-state index in [0.717, 1.165) is 56.0 Å². The van der Waals surface area contributed by atoms with E-state index in [0.29, 0.717) is 18.7 Å². The van der Waals surface area contributed by atoms with Crippen molar-refractivity contribution in [1.29, 1.82) is 0 Å². The number of aryl methyl sites for hydroxylation is 4. The molecule has 7 nitrogen and oxygen atoms in total. The van der Waals surface area contributed by atoms with Gasteiger partial charge >= 0.3 is 0 Å². The Morgan fingerprint density at radius 1 is 1.36 bits per heavy atom. The minimum atomic E-state index is 0.154. The summed E-state index contributed by atoms with van der Waals surface area (Å²) < 4.78 is 7.29. The van der Waals surface area contributed by atoms with Gasteiger partial charge in [-0.2, -0.15) is 10.1 Å². The fourth-order valence-electron chi connectivity index (χ4n) is 3.49.